The Labute approximate surface area is 154 Å². The van der Waals surface area contributed by atoms with Gasteiger partial charge < -0.3 is 15.2 Å². The summed E-state index contributed by atoms with van der Waals surface area (Å²) in [6.45, 7) is 1.07. The largest absolute Gasteiger partial charge is 0.342 e. The van der Waals surface area contributed by atoms with E-state index in [1.807, 2.05) is 0 Å². The quantitative estimate of drug-likeness (QED) is 0.842. The maximum atomic E-state index is 13.5. The van der Waals surface area contributed by atoms with Gasteiger partial charge in [-0.1, -0.05) is 6.07 Å². The summed E-state index contributed by atoms with van der Waals surface area (Å²) < 4.78 is 13.5. The number of likely N-dealkylation sites (tertiary alicyclic amines) is 1. The molecule has 2 aromatic rings. The number of hydrogen-bond acceptors (Lipinski definition) is 4. The van der Waals surface area contributed by atoms with Gasteiger partial charge in [-0.25, -0.2) is 9.37 Å². The second-order valence-corrected chi connectivity index (χ2v) is 6.97. The molecular formula is C19H19FN4O3. The van der Waals surface area contributed by atoms with Crippen molar-refractivity contribution in [3.8, 4) is 0 Å². The highest BCUT2D eigenvalue weighted by Gasteiger charge is 2.35. The molecular weight excluding hydrogens is 351 g/mol. The van der Waals surface area contributed by atoms with Crippen molar-refractivity contribution in [2.75, 3.05) is 18.4 Å². The van der Waals surface area contributed by atoms with E-state index in [9.17, 15) is 18.8 Å². The zero-order valence-corrected chi connectivity index (χ0v) is 14.6. The molecule has 7 nitrogen and oxygen atoms in total. The molecule has 1 aromatic carbocycles. The van der Waals surface area contributed by atoms with Gasteiger partial charge in [0.25, 0.3) is 5.56 Å². The van der Waals surface area contributed by atoms with Crippen LogP contribution in [-0.2, 0) is 9.59 Å². The summed E-state index contributed by atoms with van der Waals surface area (Å²) >= 11 is 0. The molecule has 0 radical (unpaired) electrons. The molecule has 4 rings (SSSR count). The van der Waals surface area contributed by atoms with E-state index in [0.717, 1.165) is 5.69 Å². The Morgan fingerprint density at radius 2 is 1.96 bits per heavy atom. The molecule has 1 unspecified atom stereocenters. The molecule has 1 aromatic heterocycles. The molecule has 2 amide bonds. The Morgan fingerprint density at radius 3 is 2.70 bits per heavy atom. The van der Waals surface area contributed by atoms with Gasteiger partial charge in [0.2, 0.25) is 11.8 Å². The van der Waals surface area contributed by atoms with Crippen LogP contribution in [-0.4, -0.2) is 39.8 Å². The van der Waals surface area contributed by atoms with Crippen LogP contribution in [0.5, 0.6) is 0 Å². The number of carbonyl (C=O) groups excluding carboxylic acids is 2. The zero-order chi connectivity index (χ0) is 19.0. The van der Waals surface area contributed by atoms with Crippen molar-refractivity contribution >= 4 is 17.5 Å². The van der Waals surface area contributed by atoms with Crippen molar-refractivity contribution in [2.45, 2.75) is 31.1 Å². The van der Waals surface area contributed by atoms with Crippen LogP contribution < -0.4 is 10.9 Å². The molecule has 0 saturated carbocycles. The number of nitrogens with zero attached hydrogens (tertiary/aromatic N) is 2. The SMILES string of the molecule is O=C1CC(C(=O)N2CCC(c3cc(=O)[nH]cn3)CC2)c2ccc(F)cc2N1. The van der Waals surface area contributed by atoms with Crippen molar-refractivity contribution in [1.82, 2.24) is 14.9 Å². The van der Waals surface area contributed by atoms with Gasteiger partial charge in [0.05, 0.1) is 17.9 Å². The number of benzene rings is 1. The summed E-state index contributed by atoms with van der Waals surface area (Å²) in [5.41, 5.74) is 1.57. The van der Waals surface area contributed by atoms with Crippen LogP contribution in [0.4, 0.5) is 10.1 Å². The van der Waals surface area contributed by atoms with Crippen LogP contribution in [0.25, 0.3) is 0 Å². The Kier molecular flexibility index (Phi) is 4.47. The fraction of sp³-hybridized carbons (Fsp3) is 0.368. The first kappa shape index (κ1) is 17.4. The van der Waals surface area contributed by atoms with Crippen LogP contribution in [0.2, 0.25) is 0 Å². The van der Waals surface area contributed by atoms with E-state index < -0.39 is 11.7 Å². The molecule has 1 saturated heterocycles. The van der Waals surface area contributed by atoms with Gasteiger partial charge in [0.15, 0.2) is 0 Å². The van der Waals surface area contributed by atoms with E-state index in [1.165, 1.54) is 24.5 Å². The molecule has 27 heavy (non-hydrogen) atoms. The van der Waals surface area contributed by atoms with Crippen LogP contribution in [0.15, 0.2) is 35.4 Å². The third kappa shape index (κ3) is 3.47. The first-order valence-electron chi connectivity index (χ1n) is 8.94. The van der Waals surface area contributed by atoms with Crippen LogP contribution in [0, 0.1) is 5.82 Å². The summed E-state index contributed by atoms with van der Waals surface area (Å²) in [6.07, 6.45) is 2.87. The summed E-state index contributed by atoms with van der Waals surface area (Å²) in [6, 6.07) is 5.62. The number of fused-ring (bicyclic) bond motifs is 1. The highest BCUT2D eigenvalue weighted by molar-refractivity contribution is 6.01. The van der Waals surface area contributed by atoms with Gasteiger partial charge in [-0.2, -0.15) is 0 Å². The zero-order valence-electron chi connectivity index (χ0n) is 14.6. The fourth-order valence-corrected chi connectivity index (χ4v) is 3.88. The van der Waals surface area contributed by atoms with Gasteiger partial charge in [0, 0.05) is 37.2 Å². The number of carbonyl (C=O) groups is 2. The lowest BCUT2D eigenvalue weighted by Crippen LogP contribution is -2.42. The smallest absolute Gasteiger partial charge is 0.250 e. The average Bonchev–Trinajstić information content (AvgIpc) is 2.66. The maximum absolute atomic E-state index is 13.5. The van der Waals surface area contributed by atoms with Crippen molar-refractivity contribution in [3.05, 3.63) is 58.0 Å². The van der Waals surface area contributed by atoms with Crippen LogP contribution >= 0.6 is 0 Å². The van der Waals surface area contributed by atoms with Crippen molar-refractivity contribution in [1.29, 1.82) is 0 Å². The number of amides is 2. The second-order valence-electron chi connectivity index (χ2n) is 6.97. The Bertz CT molecular complexity index is 950. The number of nitrogens with one attached hydrogen (secondary N) is 2. The predicted octanol–water partition coefficient (Wildman–Crippen LogP) is 1.74. The van der Waals surface area contributed by atoms with Crippen molar-refractivity contribution in [3.63, 3.8) is 0 Å². The fourth-order valence-electron chi connectivity index (χ4n) is 3.88. The molecule has 0 aliphatic carbocycles. The molecule has 1 fully saturated rings. The van der Waals surface area contributed by atoms with Gasteiger partial charge in [-0.05, 0) is 30.5 Å². The summed E-state index contributed by atoms with van der Waals surface area (Å²) in [7, 11) is 0. The van der Waals surface area contributed by atoms with Crippen molar-refractivity contribution < 1.29 is 14.0 Å². The van der Waals surface area contributed by atoms with Gasteiger partial charge in [-0.15, -0.1) is 0 Å². The molecule has 2 N–H and O–H groups in total. The summed E-state index contributed by atoms with van der Waals surface area (Å²) in [5.74, 6) is -1.31. The minimum absolute atomic E-state index is 0.0625. The number of hydrogen-bond donors (Lipinski definition) is 2. The maximum Gasteiger partial charge on any atom is 0.250 e. The lowest BCUT2D eigenvalue weighted by molar-refractivity contribution is -0.135. The third-order valence-corrected chi connectivity index (χ3v) is 5.28. The van der Waals surface area contributed by atoms with E-state index >= 15 is 0 Å². The highest BCUT2D eigenvalue weighted by Crippen LogP contribution is 2.35. The predicted molar refractivity (Wildman–Crippen MR) is 95.8 cm³/mol. The van der Waals surface area contributed by atoms with E-state index in [0.29, 0.717) is 37.2 Å². The number of rotatable bonds is 2. The summed E-state index contributed by atoms with van der Waals surface area (Å²) in [4.78, 5) is 44.9. The molecule has 8 heteroatoms. The number of anilines is 1. The number of piperidine rings is 1. The van der Waals surface area contributed by atoms with Crippen LogP contribution in [0.3, 0.4) is 0 Å². The average molecular weight is 370 g/mol. The van der Waals surface area contributed by atoms with E-state index in [4.69, 9.17) is 0 Å². The lowest BCUT2D eigenvalue weighted by atomic mass is 9.87. The molecule has 1 atom stereocenters. The molecule has 140 valence electrons. The Hall–Kier alpha value is -3.03. The monoisotopic (exact) mass is 370 g/mol. The summed E-state index contributed by atoms with van der Waals surface area (Å²) in [5, 5.41) is 2.63. The standard InChI is InChI=1S/C19H19FN4O3/c20-12-1-2-13-14(8-18(26)23-16(13)7-12)19(27)24-5-3-11(4-6-24)15-9-17(25)22-10-21-15/h1-2,7,9-11,14H,3-6,8H2,(H,23,26)(H,21,22,25). The number of aromatic amines is 1. The minimum Gasteiger partial charge on any atom is -0.342 e. The van der Waals surface area contributed by atoms with E-state index in [2.05, 4.69) is 15.3 Å². The Morgan fingerprint density at radius 1 is 1.19 bits per heavy atom. The Balaban J connectivity index is 1.48. The van der Waals surface area contributed by atoms with Gasteiger partial charge in [0.1, 0.15) is 5.82 Å². The topological polar surface area (TPSA) is 95.2 Å². The normalized spacial score (nSPS) is 20.1. The molecule has 2 aliphatic heterocycles. The number of H-pyrrole nitrogens is 1. The molecule has 0 bridgehead atoms. The molecule has 3 heterocycles. The van der Waals surface area contributed by atoms with E-state index in [1.54, 1.807) is 11.0 Å². The first-order chi connectivity index (χ1) is 13.0. The van der Waals surface area contributed by atoms with Gasteiger partial charge >= 0.3 is 0 Å². The third-order valence-electron chi connectivity index (χ3n) is 5.28. The van der Waals surface area contributed by atoms with E-state index in [-0.39, 0.29) is 29.7 Å². The lowest BCUT2D eigenvalue weighted by Gasteiger charge is -2.35. The second kappa shape index (κ2) is 6.94. The molecule has 0 spiro atoms. The first-order valence-corrected chi connectivity index (χ1v) is 8.94. The van der Waals surface area contributed by atoms with Gasteiger partial charge in [-0.3, -0.25) is 14.4 Å². The number of halogens is 1. The van der Waals surface area contributed by atoms with Crippen molar-refractivity contribution in [2.24, 2.45) is 0 Å². The highest BCUT2D eigenvalue weighted by atomic mass is 19.1. The van der Waals surface area contributed by atoms with Crippen LogP contribution in [0.1, 0.15) is 42.4 Å². The molecule has 2 aliphatic rings. The minimum atomic E-state index is -0.594. The number of aromatic nitrogens is 2.